The SMILES string of the molecule is CC(=O)c1c(C(=O)N2CCSC2C)c(C)n(C2CC2)c1C. The lowest BCUT2D eigenvalue weighted by atomic mass is 10.0. The van der Waals surface area contributed by atoms with Crippen LogP contribution in [-0.2, 0) is 0 Å². The summed E-state index contributed by atoms with van der Waals surface area (Å²) in [6.07, 6.45) is 2.30. The van der Waals surface area contributed by atoms with E-state index in [4.69, 9.17) is 0 Å². The summed E-state index contributed by atoms with van der Waals surface area (Å²) in [7, 11) is 0. The van der Waals surface area contributed by atoms with E-state index in [1.807, 2.05) is 18.7 Å². The Hall–Kier alpha value is -1.23. The summed E-state index contributed by atoms with van der Waals surface area (Å²) in [5.41, 5.74) is 3.20. The topological polar surface area (TPSA) is 42.3 Å². The molecule has 21 heavy (non-hydrogen) atoms. The Kier molecular flexibility index (Phi) is 3.64. The van der Waals surface area contributed by atoms with Crippen LogP contribution >= 0.6 is 11.8 Å². The van der Waals surface area contributed by atoms with Crippen LogP contribution in [0.1, 0.15) is 64.8 Å². The van der Waals surface area contributed by atoms with Crippen LogP contribution in [0.25, 0.3) is 0 Å². The van der Waals surface area contributed by atoms with Crippen molar-refractivity contribution in [2.45, 2.75) is 52.0 Å². The summed E-state index contributed by atoms with van der Waals surface area (Å²) < 4.78 is 2.21. The maximum atomic E-state index is 13.0. The van der Waals surface area contributed by atoms with Gasteiger partial charge in [-0.05, 0) is 40.5 Å². The van der Waals surface area contributed by atoms with Crippen molar-refractivity contribution in [1.82, 2.24) is 9.47 Å². The molecule has 1 atom stereocenters. The lowest BCUT2D eigenvalue weighted by Gasteiger charge is -2.21. The molecule has 4 nitrogen and oxygen atoms in total. The van der Waals surface area contributed by atoms with Crippen molar-refractivity contribution >= 4 is 23.5 Å². The van der Waals surface area contributed by atoms with Gasteiger partial charge in [0, 0.05) is 29.7 Å². The number of nitrogens with zero attached hydrogens (tertiary/aromatic N) is 2. The van der Waals surface area contributed by atoms with Gasteiger partial charge in [0.2, 0.25) is 0 Å². The Balaban J connectivity index is 2.10. The molecule has 1 unspecified atom stereocenters. The van der Waals surface area contributed by atoms with Crippen LogP contribution in [0.4, 0.5) is 0 Å². The first-order chi connectivity index (χ1) is 9.93. The molecule has 2 heterocycles. The molecule has 0 bridgehead atoms. The predicted molar refractivity (Wildman–Crippen MR) is 85.1 cm³/mol. The van der Waals surface area contributed by atoms with E-state index in [1.54, 1.807) is 18.7 Å². The van der Waals surface area contributed by atoms with E-state index >= 15 is 0 Å². The number of Topliss-reactive ketones (excluding diaryl/α,β-unsaturated/α-hetero) is 1. The lowest BCUT2D eigenvalue weighted by Crippen LogP contribution is -2.34. The number of carbonyl (C=O) groups excluding carboxylic acids is 2. The smallest absolute Gasteiger partial charge is 0.257 e. The second-order valence-corrected chi connectivity index (χ2v) is 7.47. The molecule has 3 rings (SSSR count). The Morgan fingerprint density at radius 1 is 1.14 bits per heavy atom. The zero-order valence-corrected chi connectivity index (χ0v) is 13.9. The van der Waals surface area contributed by atoms with Crippen molar-refractivity contribution in [2.75, 3.05) is 12.3 Å². The first-order valence-corrected chi connectivity index (χ1v) is 8.63. The molecule has 0 aromatic carbocycles. The van der Waals surface area contributed by atoms with Crippen molar-refractivity contribution in [3.8, 4) is 0 Å². The van der Waals surface area contributed by atoms with Gasteiger partial charge in [-0.2, -0.15) is 0 Å². The molecular formula is C16H22N2O2S. The maximum absolute atomic E-state index is 13.0. The monoisotopic (exact) mass is 306 g/mol. The number of amides is 1. The van der Waals surface area contributed by atoms with E-state index in [0.29, 0.717) is 17.2 Å². The van der Waals surface area contributed by atoms with Gasteiger partial charge in [0.1, 0.15) is 0 Å². The largest absolute Gasteiger partial charge is 0.345 e. The molecule has 1 aromatic heterocycles. The van der Waals surface area contributed by atoms with Crippen molar-refractivity contribution in [3.05, 3.63) is 22.5 Å². The minimum Gasteiger partial charge on any atom is -0.345 e. The average Bonchev–Trinajstić information content (AvgIpc) is 3.08. The van der Waals surface area contributed by atoms with Gasteiger partial charge in [-0.3, -0.25) is 9.59 Å². The fourth-order valence-corrected chi connectivity index (χ4v) is 4.46. The summed E-state index contributed by atoms with van der Waals surface area (Å²) in [6.45, 7) is 8.36. The van der Waals surface area contributed by atoms with E-state index in [1.165, 1.54) is 0 Å². The molecular weight excluding hydrogens is 284 g/mol. The zero-order valence-electron chi connectivity index (χ0n) is 13.1. The van der Waals surface area contributed by atoms with Gasteiger partial charge in [0.05, 0.1) is 16.5 Å². The molecule has 2 aliphatic rings. The second kappa shape index (κ2) is 5.20. The van der Waals surface area contributed by atoms with E-state index in [2.05, 4.69) is 11.5 Å². The van der Waals surface area contributed by atoms with E-state index in [-0.39, 0.29) is 17.1 Å². The molecule has 1 aliphatic carbocycles. The molecule has 1 saturated heterocycles. The Morgan fingerprint density at radius 3 is 2.24 bits per heavy atom. The number of carbonyl (C=O) groups is 2. The standard InChI is InChI=1S/C16H22N2O2S/c1-9-14(11(3)19)15(10(2)18(9)13-5-6-13)16(20)17-7-8-21-12(17)4/h12-13H,5-8H2,1-4H3. The zero-order chi connectivity index (χ0) is 15.3. The average molecular weight is 306 g/mol. The molecule has 0 radical (unpaired) electrons. The van der Waals surface area contributed by atoms with Crippen LogP contribution in [0.3, 0.4) is 0 Å². The van der Waals surface area contributed by atoms with Crippen molar-refractivity contribution in [3.63, 3.8) is 0 Å². The molecule has 5 heteroatoms. The predicted octanol–water partition coefficient (Wildman–Crippen LogP) is 3.18. The summed E-state index contributed by atoms with van der Waals surface area (Å²) in [5, 5.41) is 0.196. The van der Waals surface area contributed by atoms with Crippen molar-refractivity contribution < 1.29 is 9.59 Å². The highest BCUT2D eigenvalue weighted by atomic mass is 32.2. The van der Waals surface area contributed by atoms with Gasteiger partial charge in [-0.25, -0.2) is 0 Å². The maximum Gasteiger partial charge on any atom is 0.257 e. The molecule has 1 aliphatic heterocycles. The van der Waals surface area contributed by atoms with Gasteiger partial charge in [0.25, 0.3) is 5.91 Å². The summed E-state index contributed by atoms with van der Waals surface area (Å²) >= 11 is 1.79. The molecule has 114 valence electrons. The number of hydrogen-bond acceptors (Lipinski definition) is 3. The first-order valence-electron chi connectivity index (χ1n) is 7.58. The fourth-order valence-electron chi connectivity index (χ4n) is 3.43. The van der Waals surface area contributed by atoms with Crippen LogP contribution in [0.15, 0.2) is 0 Å². The number of hydrogen-bond donors (Lipinski definition) is 0. The summed E-state index contributed by atoms with van der Waals surface area (Å²) in [5.74, 6) is 1.000. The highest BCUT2D eigenvalue weighted by Crippen LogP contribution is 2.40. The van der Waals surface area contributed by atoms with Gasteiger partial charge in [0.15, 0.2) is 5.78 Å². The van der Waals surface area contributed by atoms with Crippen LogP contribution in [0.5, 0.6) is 0 Å². The second-order valence-electron chi connectivity index (χ2n) is 6.05. The van der Waals surface area contributed by atoms with Crippen LogP contribution in [0.2, 0.25) is 0 Å². The quantitative estimate of drug-likeness (QED) is 0.806. The molecule has 1 saturated carbocycles. The van der Waals surface area contributed by atoms with E-state index in [9.17, 15) is 9.59 Å². The highest BCUT2D eigenvalue weighted by molar-refractivity contribution is 8.00. The van der Waals surface area contributed by atoms with Crippen molar-refractivity contribution in [1.29, 1.82) is 0 Å². The minimum atomic E-state index is -0.00199. The lowest BCUT2D eigenvalue weighted by molar-refractivity contribution is 0.0763. The van der Waals surface area contributed by atoms with Crippen LogP contribution in [0, 0.1) is 13.8 Å². The third-order valence-electron chi connectivity index (χ3n) is 4.57. The number of aromatic nitrogens is 1. The Morgan fingerprint density at radius 2 is 1.76 bits per heavy atom. The van der Waals surface area contributed by atoms with Crippen LogP contribution in [-0.4, -0.2) is 38.8 Å². The third-order valence-corrected chi connectivity index (χ3v) is 5.72. The summed E-state index contributed by atoms with van der Waals surface area (Å²) in [4.78, 5) is 27.0. The van der Waals surface area contributed by atoms with Gasteiger partial charge >= 0.3 is 0 Å². The normalized spacial score (nSPS) is 21.9. The Bertz CT molecular complexity index is 616. The van der Waals surface area contributed by atoms with Crippen molar-refractivity contribution in [2.24, 2.45) is 0 Å². The molecule has 1 aromatic rings. The fraction of sp³-hybridized carbons (Fsp3) is 0.625. The highest BCUT2D eigenvalue weighted by Gasteiger charge is 2.36. The van der Waals surface area contributed by atoms with Gasteiger partial charge in [-0.1, -0.05) is 0 Å². The molecule has 0 spiro atoms. The molecule has 2 fully saturated rings. The molecule has 0 N–H and O–H groups in total. The summed E-state index contributed by atoms with van der Waals surface area (Å²) in [6, 6.07) is 0.482. The van der Waals surface area contributed by atoms with E-state index in [0.717, 1.165) is 36.5 Å². The third kappa shape index (κ3) is 2.31. The number of thioether (sulfide) groups is 1. The van der Waals surface area contributed by atoms with Gasteiger partial charge < -0.3 is 9.47 Å². The Labute approximate surface area is 129 Å². The minimum absolute atomic E-state index is 0.00199. The van der Waals surface area contributed by atoms with Crippen LogP contribution < -0.4 is 0 Å². The number of rotatable bonds is 3. The van der Waals surface area contributed by atoms with E-state index < -0.39 is 0 Å². The van der Waals surface area contributed by atoms with Gasteiger partial charge in [-0.15, -0.1) is 11.8 Å². The molecule has 1 amide bonds. The first kappa shape index (κ1) is 14.7. The number of ketones is 1.